The molecule has 0 amide bonds. The Balaban J connectivity index is 2.83. The average Bonchev–Trinajstić information content (AvgIpc) is 2.15. The fourth-order valence-corrected chi connectivity index (χ4v) is 2.97. The minimum absolute atomic E-state index is 0.370. The molecule has 0 fully saturated rings. The van der Waals surface area contributed by atoms with E-state index >= 15 is 0 Å². The Morgan fingerprint density at radius 1 is 1.40 bits per heavy atom. The van der Waals surface area contributed by atoms with Crippen LogP contribution in [0.4, 0.5) is 5.82 Å². The zero-order valence-corrected chi connectivity index (χ0v) is 10.7. The van der Waals surface area contributed by atoms with Gasteiger partial charge in [-0.1, -0.05) is 19.6 Å². The smallest absolute Gasteiger partial charge is 0.161 e. The van der Waals surface area contributed by atoms with Gasteiger partial charge in [-0.2, -0.15) is 5.26 Å². The molecule has 0 saturated heterocycles. The van der Waals surface area contributed by atoms with E-state index in [4.69, 9.17) is 5.26 Å². The quantitative estimate of drug-likeness (QED) is 0.727. The van der Waals surface area contributed by atoms with Gasteiger partial charge in [0.1, 0.15) is 11.9 Å². The highest BCUT2D eigenvalue weighted by molar-refractivity contribution is 6.76. The molecule has 0 aliphatic rings. The summed E-state index contributed by atoms with van der Waals surface area (Å²) in [4.78, 5) is 10.3. The Labute approximate surface area is 91.6 Å². The normalized spacial score (nSPS) is 10.9. The molecule has 0 unspecified atom stereocenters. The molecule has 0 aliphatic heterocycles. The van der Waals surface area contributed by atoms with Gasteiger partial charge in [-0.3, -0.25) is 4.98 Å². The van der Waals surface area contributed by atoms with Gasteiger partial charge in [0.2, 0.25) is 0 Å². The van der Waals surface area contributed by atoms with E-state index in [1.807, 2.05) is 13.1 Å². The van der Waals surface area contributed by atoms with Gasteiger partial charge < -0.3 is 4.90 Å². The molecule has 15 heavy (non-hydrogen) atoms. The highest BCUT2D eigenvalue weighted by Gasteiger charge is 2.17. The first-order valence-corrected chi connectivity index (χ1v) is 8.56. The molecule has 80 valence electrons. The third-order valence-corrected chi connectivity index (χ3v) is 3.26. The summed E-state index contributed by atoms with van der Waals surface area (Å²) in [6.07, 6.45) is 4.18. The summed E-state index contributed by atoms with van der Waals surface area (Å²) in [5.41, 5.74) is 0.370. The van der Waals surface area contributed by atoms with Crippen molar-refractivity contribution in [3.63, 3.8) is 0 Å². The number of nitriles is 1. The Hall–Kier alpha value is -1.41. The van der Waals surface area contributed by atoms with Crippen molar-refractivity contribution in [2.24, 2.45) is 0 Å². The molecule has 1 rings (SSSR count). The lowest BCUT2D eigenvalue weighted by atomic mass is 10.5. The molecule has 0 spiro atoms. The summed E-state index contributed by atoms with van der Waals surface area (Å²) in [6.45, 7) is 6.89. The molecule has 0 aromatic carbocycles. The maximum absolute atomic E-state index is 8.71. The Morgan fingerprint density at radius 3 is 2.60 bits per heavy atom. The van der Waals surface area contributed by atoms with Crippen LogP contribution in [0.1, 0.15) is 5.69 Å². The second-order valence-electron chi connectivity index (χ2n) is 4.79. The van der Waals surface area contributed by atoms with Crippen LogP contribution in [0.5, 0.6) is 0 Å². The van der Waals surface area contributed by atoms with E-state index in [1.54, 1.807) is 6.20 Å². The van der Waals surface area contributed by atoms with E-state index in [1.165, 1.54) is 6.20 Å². The summed E-state index contributed by atoms with van der Waals surface area (Å²) in [6, 6.07) is 2.00. The number of hydrogen-bond acceptors (Lipinski definition) is 4. The predicted molar refractivity (Wildman–Crippen MR) is 63.4 cm³/mol. The average molecular weight is 220 g/mol. The Morgan fingerprint density at radius 2 is 2.07 bits per heavy atom. The lowest BCUT2D eigenvalue weighted by Gasteiger charge is -2.25. The number of aromatic nitrogens is 2. The van der Waals surface area contributed by atoms with Crippen LogP contribution in [0.2, 0.25) is 19.6 Å². The largest absolute Gasteiger partial charge is 0.361 e. The zero-order valence-electron chi connectivity index (χ0n) is 9.65. The molecule has 0 atom stereocenters. The molecule has 1 aromatic heterocycles. The van der Waals surface area contributed by atoms with E-state index in [9.17, 15) is 0 Å². The molecule has 1 aromatic rings. The van der Waals surface area contributed by atoms with Crippen molar-refractivity contribution in [3.05, 3.63) is 18.1 Å². The van der Waals surface area contributed by atoms with E-state index in [-0.39, 0.29) is 0 Å². The van der Waals surface area contributed by atoms with Crippen LogP contribution in [0.3, 0.4) is 0 Å². The van der Waals surface area contributed by atoms with Gasteiger partial charge in [-0.25, -0.2) is 4.98 Å². The van der Waals surface area contributed by atoms with Crippen molar-refractivity contribution < 1.29 is 0 Å². The highest BCUT2D eigenvalue weighted by Crippen LogP contribution is 2.11. The van der Waals surface area contributed by atoms with Gasteiger partial charge in [0.15, 0.2) is 5.69 Å². The van der Waals surface area contributed by atoms with Gasteiger partial charge in [-0.15, -0.1) is 0 Å². The van der Waals surface area contributed by atoms with E-state index in [0.717, 1.165) is 12.0 Å². The zero-order chi connectivity index (χ0) is 11.5. The minimum Gasteiger partial charge on any atom is -0.361 e. The van der Waals surface area contributed by atoms with Crippen molar-refractivity contribution >= 4 is 13.9 Å². The van der Waals surface area contributed by atoms with Crippen LogP contribution < -0.4 is 4.90 Å². The maximum Gasteiger partial charge on any atom is 0.161 e. The Bertz CT molecular complexity index is 378. The highest BCUT2D eigenvalue weighted by atomic mass is 28.3. The van der Waals surface area contributed by atoms with Crippen LogP contribution in [0, 0.1) is 11.3 Å². The molecule has 0 aliphatic carbocycles. The molecule has 1 heterocycles. The summed E-state index contributed by atoms with van der Waals surface area (Å²) in [7, 11) is 0.834. The third-order valence-electron chi connectivity index (χ3n) is 1.84. The molecule has 0 saturated carbocycles. The number of rotatable bonds is 3. The summed E-state index contributed by atoms with van der Waals surface area (Å²) < 4.78 is 0. The molecule has 4 nitrogen and oxygen atoms in total. The lowest BCUT2D eigenvalue weighted by Crippen LogP contribution is -2.38. The Kier molecular flexibility index (Phi) is 3.42. The minimum atomic E-state index is -1.16. The van der Waals surface area contributed by atoms with Gasteiger partial charge >= 0.3 is 0 Å². The number of nitrogens with zero attached hydrogens (tertiary/aromatic N) is 4. The summed E-state index contributed by atoms with van der Waals surface area (Å²) in [5.74, 6) is 0.775. The predicted octanol–water partition coefficient (Wildman–Crippen LogP) is 1.66. The van der Waals surface area contributed by atoms with Crippen LogP contribution in [-0.4, -0.2) is 31.3 Å². The fourth-order valence-electron chi connectivity index (χ4n) is 1.39. The van der Waals surface area contributed by atoms with Crippen LogP contribution >= 0.6 is 0 Å². The van der Waals surface area contributed by atoms with Crippen LogP contribution in [0.25, 0.3) is 0 Å². The van der Waals surface area contributed by atoms with Crippen LogP contribution in [0.15, 0.2) is 12.4 Å². The standard InChI is InChI=1S/C10H16N4Si/c1-14(8-15(2,3)4)10-7-12-6-9(5-11)13-10/h6-7H,8H2,1-4H3. The second-order valence-corrected chi connectivity index (χ2v) is 10.2. The van der Waals surface area contributed by atoms with E-state index in [0.29, 0.717) is 5.69 Å². The third kappa shape index (κ3) is 3.68. The second kappa shape index (κ2) is 4.40. The lowest BCUT2D eigenvalue weighted by molar-refractivity contribution is 0.986. The van der Waals surface area contributed by atoms with Crippen molar-refractivity contribution in [3.8, 4) is 6.07 Å². The molecular weight excluding hydrogens is 204 g/mol. The van der Waals surface area contributed by atoms with E-state index in [2.05, 4.69) is 34.5 Å². The molecule has 0 radical (unpaired) electrons. The first kappa shape index (κ1) is 11.7. The van der Waals surface area contributed by atoms with Crippen molar-refractivity contribution in [2.45, 2.75) is 19.6 Å². The first-order valence-electron chi connectivity index (χ1n) is 4.86. The molecule has 0 N–H and O–H groups in total. The van der Waals surface area contributed by atoms with Crippen molar-refractivity contribution in [1.29, 1.82) is 5.26 Å². The van der Waals surface area contributed by atoms with Gasteiger partial charge in [-0.05, 0) is 0 Å². The van der Waals surface area contributed by atoms with Gasteiger partial charge in [0.25, 0.3) is 0 Å². The monoisotopic (exact) mass is 220 g/mol. The van der Waals surface area contributed by atoms with Crippen LogP contribution in [-0.2, 0) is 0 Å². The SMILES string of the molecule is CN(C[Si](C)(C)C)c1cncc(C#N)n1. The van der Waals surface area contributed by atoms with Gasteiger partial charge in [0.05, 0.1) is 20.5 Å². The number of anilines is 1. The van der Waals surface area contributed by atoms with Crippen molar-refractivity contribution in [1.82, 2.24) is 9.97 Å². The molecule has 5 heteroatoms. The summed E-state index contributed by atoms with van der Waals surface area (Å²) in [5, 5.41) is 8.71. The summed E-state index contributed by atoms with van der Waals surface area (Å²) >= 11 is 0. The number of hydrogen-bond donors (Lipinski definition) is 0. The van der Waals surface area contributed by atoms with Crippen molar-refractivity contribution in [2.75, 3.05) is 18.1 Å². The fraction of sp³-hybridized carbons (Fsp3) is 0.500. The first-order chi connectivity index (χ1) is 6.92. The van der Waals surface area contributed by atoms with Gasteiger partial charge in [0, 0.05) is 13.2 Å². The molecule has 0 bridgehead atoms. The maximum atomic E-state index is 8.71. The molecular formula is C10H16N4Si. The van der Waals surface area contributed by atoms with E-state index < -0.39 is 8.07 Å². The topological polar surface area (TPSA) is 52.8 Å².